The quantitative estimate of drug-likeness (QED) is 0.897. The summed E-state index contributed by atoms with van der Waals surface area (Å²) in [6.07, 6.45) is 0. The number of nitrogens with one attached hydrogen (secondary N) is 1. The molecule has 0 aliphatic rings. The molecular weight excluding hydrogens is 280 g/mol. The number of aliphatic carboxylic acids is 1. The fraction of sp³-hybridized carbons (Fsp3) is 0.429. The molecule has 5 nitrogen and oxygen atoms in total. The van der Waals surface area contributed by atoms with Gasteiger partial charge in [-0.3, -0.25) is 4.79 Å². The summed E-state index contributed by atoms with van der Waals surface area (Å²) in [7, 11) is 1.56. The van der Waals surface area contributed by atoms with Gasteiger partial charge in [0.25, 0.3) is 0 Å². The number of aryl methyl sites for hydroxylation is 2. The van der Waals surface area contributed by atoms with E-state index in [2.05, 4.69) is 5.32 Å². The third kappa shape index (κ3) is 4.13. The normalized spacial score (nSPS) is 11.8. The van der Waals surface area contributed by atoms with Crippen molar-refractivity contribution in [3.63, 3.8) is 0 Å². The molecule has 0 aliphatic heterocycles. The van der Waals surface area contributed by atoms with Gasteiger partial charge in [0.1, 0.15) is 0 Å². The molecule has 2 N–H and O–H groups in total. The van der Waals surface area contributed by atoms with E-state index in [-0.39, 0.29) is 12.6 Å². The summed E-state index contributed by atoms with van der Waals surface area (Å²) in [5.74, 6) is -1.54. The van der Waals surface area contributed by atoms with Gasteiger partial charge in [0.15, 0.2) is 0 Å². The van der Waals surface area contributed by atoms with Gasteiger partial charge >= 0.3 is 12.0 Å². The molecule has 2 amide bonds. The van der Waals surface area contributed by atoms with Gasteiger partial charge in [-0.25, -0.2) is 4.79 Å². The first-order chi connectivity index (χ1) is 9.22. The van der Waals surface area contributed by atoms with E-state index in [1.807, 2.05) is 13.8 Å². The molecule has 1 rings (SSSR count). The number of amides is 2. The predicted molar refractivity (Wildman–Crippen MR) is 79.4 cm³/mol. The second-order valence-electron chi connectivity index (χ2n) is 4.97. The van der Waals surface area contributed by atoms with Crippen molar-refractivity contribution in [1.82, 2.24) is 4.90 Å². The Labute approximate surface area is 123 Å². The summed E-state index contributed by atoms with van der Waals surface area (Å²) in [4.78, 5) is 24.1. The summed E-state index contributed by atoms with van der Waals surface area (Å²) >= 11 is 6.06. The van der Waals surface area contributed by atoms with E-state index in [1.54, 1.807) is 26.1 Å². The zero-order chi connectivity index (χ0) is 15.4. The molecule has 0 aliphatic carbocycles. The highest BCUT2D eigenvalue weighted by Gasteiger charge is 2.17. The molecule has 0 heterocycles. The zero-order valence-corrected chi connectivity index (χ0v) is 12.8. The second kappa shape index (κ2) is 6.61. The fourth-order valence-corrected chi connectivity index (χ4v) is 1.92. The molecule has 0 fully saturated rings. The van der Waals surface area contributed by atoms with Gasteiger partial charge in [-0.15, -0.1) is 0 Å². The van der Waals surface area contributed by atoms with Crippen LogP contribution in [0.1, 0.15) is 18.1 Å². The first-order valence-electron chi connectivity index (χ1n) is 6.24. The van der Waals surface area contributed by atoms with Gasteiger partial charge in [-0.1, -0.05) is 18.5 Å². The van der Waals surface area contributed by atoms with Crippen LogP contribution in [0.4, 0.5) is 10.5 Å². The van der Waals surface area contributed by atoms with Crippen LogP contribution in [0, 0.1) is 19.8 Å². The van der Waals surface area contributed by atoms with Crippen LogP contribution in [0.3, 0.4) is 0 Å². The number of nitrogens with zero attached hydrogens (tertiary/aromatic N) is 1. The first kappa shape index (κ1) is 16.3. The van der Waals surface area contributed by atoms with Crippen LogP contribution in [0.25, 0.3) is 0 Å². The van der Waals surface area contributed by atoms with Crippen LogP contribution in [-0.4, -0.2) is 35.6 Å². The average molecular weight is 299 g/mol. The van der Waals surface area contributed by atoms with Crippen LogP contribution < -0.4 is 5.32 Å². The molecule has 1 unspecified atom stereocenters. The number of hydrogen-bond acceptors (Lipinski definition) is 2. The SMILES string of the molecule is Cc1cc(NC(=O)N(C)CC(C)C(=O)O)cc(C)c1Cl. The molecule has 1 aromatic carbocycles. The topological polar surface area (TPSA) is 69.6 Å². The number of carbonyl (C=O) groups excluding carboxylic acids is 1. The predicted octanol–water partition coefficient (Wildman–Crippen LogP) is 3.14. The van der Waals surface area contributed by atoms with Crippen LogP contribution in [0.15, 0.2) is 12.1 Å². The van der Waals surface area contributed by atoms with Crippen LogP contribution in [0.2, 0.25) is 5.02 Å². The number of carboxylic acid groups (broad SMARTS) is 1. The highest BCUT2D eigenvalue weighted by atomic mass is 35.5. The summed E-state index contributed by atoms with van der Waals surface area (Å²) in [5, 5.41) is 12.2. The molecule has 0 aromatic heterocycles. The number of halogens is 1. The maximum absolute atomic E-state index is 12.0. The van der Waals surface area contributed by atoms with E-state index in [4.69, 9.17) is 16.7 Å². The number of rotatable bonds is 4. The van der Waals surface area contributed by atoms with Crippen LogP contribution >= 0.6 is 11.6 Å². The summed E-state index contributed by atoms with van der Waals surface area (Å²) in [6.45, 7) is 5.43. The molecule has 110 valence electrons. The first-order valence-corrected chi connectivity index (χ1v) is 6.61. The van der Waals surface area contributed by atoms with Crippen molar-refractivity contribution >= 4 is 29.3 Å². The van der Waals surface area contributed by atoms with Gasteiger partial charge in [0.2, 0.25) is 0 Å². The minimum absolute atomic E-state index is 0.146. The Bertz CT molecular complexity index is 508. The lowest BCUT2D eigenvalue weighted by atomic mass is 10.1. The molecule has 1 atom stereocenters. The maximum atomic E-state index is 12.0. The Hall–Kier alpha value is -1.75. The number of hydrogen-bond donors (Lipinski definition) is 2. The molecular formula is C14H19ClN2O3. The Morgan fingerprint density at radius 3 is 2.30 bits per heavy atom. The standard InChI is InChI=1S/C14H19ClN2O3/c1-8-5-11(6-9(2)12(8)15)16-14(20)17(4)7-10(3)13(18)19/h5-6,10H,7H2,1-4H3,(H,16,20)(H,18,19). The second-order valence-corrected chi connectivity index (χ2v) is 5.35. The Balaban J connectivity index is 2.73. The molecule has 6 heteroatoms. The summed E-state index contributed by atoms with van der Waals surface area (Å²) in [6, 6.07) is 3.21. The summed E-state index contributed by atoms with van der Waals surface area (Å²) in [5.41, 5.74) is 2.40. The number of benzene rings is 1. The van der Waals surface area contributed by atoms with Crippen molar-refractivity contribution in [2.24, 2.45) is 5.92 Å². The lowest BCUT2D eigenvalue weighted by Gasteiger charge is -2.20. The van der Waals surface area contributed by atoms with E-state index < -0.39 is 11.9 Å². The maximum Gasteiger partial charge on any atom is 0.321 e. The van der Waals surface area contributed by atoms with Crippen LogP contribution in [0.5, 0.6) is 0 Å². The van der Waals surface area contributed by atoms with E-state index in [1.165, 1.54) is 4.90 Å². The van der Waals surface area contributed by atoms with E-state index in [0.717, 1.165) is 11.1 Å². The Morgan fingerprint density at radius 1 is 1.35 bits per heavy atom. The lowest BCUT2D eigenvalue weighted by molar-refractivity contribution is -0.141. The van der Waals surface area contributed by atoms with E-state index in [9.17, 15) is 9.59 Å². The molecule has 0 saturated heterocycles. The van der Waals surface area contributed by atoms with Gasteiger partial charge in [0.05, 0.1) is 5.92 Å². The molecule has 1 aromatic rings. The van der Waals surface area contributed by atoms with Crippen molar-refractivity contribution in [2.45, 2.75) is 20.8 Å². The van der Waals surface area contributed by atoms with Gasteiger partial charge in [0, 0.05) is 24.3 Å². The molecule has 20 heavy (non-hydrogen) atoms. The van der Waals surface area contributed by atoms with Gasteiger partial charge in [-0.05, 0) is 37.1 Å². The number of urea groups is 1. The molecule has 0 spiro atoms. The molecule has 0 saturated carbocycles. The largest absolute Gasteiger partial charge is 0.481 e. The number of carboxylic acids is 1. The monoisotopic (exact) mass is 298 g/mol. The molecule has 0 radical (unpaired) electrons. The fourth-order valence-electron chi connectivity index (χ4n) is 1.81. The third-order valence-electron chi connectivity index (χ3n) is 3.00. The van der Waals surface area contributed by atoms with Crippen LogP contribution in [-0.2, 0) is 4.79 Å². The number of carbonyl (C=O) groups is 2. The van der Waals surface area contributed by atoms with Gasteiger partial charge in [-0.2, -0.15) is 0 Å². The third-order valence-corrected chi connectivity index (χ3v) is 3.60. The number of anilines is 1. The Morgan fingerprint density at radius 2 is 1.85 bits per heavy atom. The lowest BCUT2D eigenvalue weighted by Crippen LogP contribution is -2.36. The molecule has 0 bridgehead atoms. The highest BCUT2D eigenvalue weighted by Crippen LogP contribution is 2.24. The smallest absolute Gasteiger partial charge is 0.321 e. The minimum atomic E-state index is -0.928. The average Bonchev–Trinajstić information content (AvgIpc) is 2.35. The van der Waals surface area contributed by atoms with E-state index >= 15 is 0 Å². The minimum Gasteiger partial charge on any atom is -0.481 e. The summed E-state index contributed by atoms with van der Waals surface area (Å²) < 4.78 is 0. The van der Waals surface area contributed by atoms with Crippen molar-refractivity contribution in [3.05, 3.63) is 28.3 Å². The Kier molecular flexibility index (Phi) is 5.39. The van der Waals surface area contributed by atoms with E-state index in [0.29, 0.717) is 10.7 Å². The van der Waals surface area contributed by atoms with Crippen molar-refractivity contribution in [1.29, 1.82) is 0 Å². The van der Waals surface area contributed by atoms with Crippen molar-refractivity contribution in [2.75, 3.05) is 18.9 Å². The zero-order valence-electron chi connectivity index (χ0n) is 12.0. The van der Waals surface area contributed by atoms with Crippen molar-refractivity contribution < 1.29 is 14.7 Å². The van der Waals surface area contributed by atoms with Gasteiger partial charge < -0.3 is 15.3 Å². The highest BCUT2D eigenvalue weighted by molar-refractivity contribution is 6.32. The van der Waals surface area contributed by atoms with Crippen molar-refractivity contribution in [3.8, 4) is 0 Å².